The van der Waals surface area contributed by atoms with Crippen molar-refractivity contribution >= 4 is 23.2 Å². The summed E-state index contributed by atoms with van der Waals surface area (Å²) < 4.78 is 20.4. The van der Waals surface area contributed by atoms with Crippen molar-refractivity contribution in [3.05, 3.63) is 41.4 Å². The number of benzene rings is 1. The van der Waals surface area contributed by atoms with Gasteiger partial charge >= 0.3 is 0 Å². The van der Waals surface area contributed by atoms with Gasteiger partial charge in [-0.3, -0.25) is 0 Å². The lowest BCUT2D eigenvalue weighted by Gasteiger charge is -2.10. The second-order valence-electron chi connectivity index (χ2n) is 3.69. The Morgan fingerprint density at radius 3 is 3.11 bits per heavy atom. The molecule has 0 bridgehead atoms. The lowest BCUT2D eigenvalue weighted by atomic mass is 10.3. The zero-order valence-corrected chi connectivity index (χ0v) is 10.6. The molecule has 0 spiro atoms. The molecule has 0 aliphatic rings. The summed E-state index contributed by atoms with van der Waals surface area (Å²) in [4.78, 5) is 4.12. The van der Waals surface area contributed by atoms with Crippen LogP contribution in [0, 0.1) is 5.82 Å². The van der Waals surface area contributed by atoms with Gasteiger partial charge in [0.1, 0.15) is 5.82 Å². The SMILES string of the molecule is COCCn1ccnc1Nc1cc(Cl)ccc1F. The van der Waals surface area contributed by atoms with Gasteiger partial charge in [-0.05, 0) is 18.2 Å². The molecule has 1 aromatic heterocycles. The molecule has 0 amide bonds. The van der Waals surface area contributed by atoms with Crippen LogP contribution in [0.3, 0.4) is 0 Å². The smallest absolute Gasteiger partial charge is 0.207 e. The molecule has 96 valence electrons. The minimum Gasteiger partial charge on any atom is -0.383 e. The van der Waals surface area contributed by atoms with Gasteiger partial charge in [-0.1, -0.05) is 11.6 Å². The van der Waals surface area contributed by atoms with Gasteiger partial charge in [-0.15, -0.1) is 0 Å². The van der Waals surface area contributed by atoms with Crippen LogP contribution >= 0.6 is 11.6 Å². The van der Waals surface area contributed by atoms with Crippen molar-refractivity contribution in [2.75, 3.05) is 19.0 Å². The zero-order valence-electron chi connectivity index (χ0n) is 9.86. The minimum absolute atomic E-state index is 0.298. The van der Waals surface area contributed by atoms with Crippen LogP contribution < -0.4 is 5.32 Å². The molecule has 18 heavy (non-hydrogen) atoms. The van der Waals surface area contributed by atoms with Gasteiger partial charge in [0.05, 0.1) is 12.3 Å². The Bertz CT molecular complexity index is 530. The molecule has 2 rings (SSSR count). The van der Waals surface area contributed by atoms with E-state index in [1.165, 1.54) is 18.2 Å². The first-order valence-corrected chi connectivity index (χ1v) is 5.80. The first-order valence-electron chi connectivity index (χ1n) is 5.43. The van der Waals surface area contributed by atoms with Crippen molar-refractivity contribution in [1.82, 2.24) is 9.55 Å². The molecule has 1 N–H and O–H groups in total. The Morgan fingerprint density at radius 1 is 1.50 bits per heavy atom. The van der Waals surface area contributed by atoms with Gasteiger partial charge in [-0.25, -0.2) is 9.37 Å². The summed E-state index contributed by atoms with van der Waals surface area (Å²) >= 11 is 5.83. The summed E-state index contributed by atoms with van der Waals surface area (Å²) in [5.41, 5.74) is 0.298. The molecule has 0 saturated carbocycles. The highest BCUT2D eigenvalue weighted by Gasteiger charge is 2.07. The van der Waals surface area contributed by atoms with Crippen molar-refractivity contribution in [3.63, 3.8) is 0 Å². The Hall–Kier alpha value is -1.59. The standard InChI is InChI=1S/C12H13ClFN3O/c1-18-7-6-17-5-4-15-12(17)16-11-8-9(13)2-3-10(11)14/h2-5,8H,6-7H2,1H3,(H,15,16). The fraction of sp³-hybridized carbons (Fsp3) is 0.250. The minimum atomic E-state index is -0.374. The molecule has 6 heteroatoms. The number of hydrogen-bond acceptors (Lipinski definition) is 3. The van der Waals surface area contributed by atoms with Gasteiger partial charge in [0.15, 0.2) is 0 Å². The number of nitrogens with one attached hydrogen (secondary N) is 1. The largest absolute Gasteiger partial charge is 0.383 e. The summed E-state index contributed by atoms with van der Waals surface area (Å²) in [6.45, 7) is 1.20. The number of imidazole rings is 1. The third kappa shape index (κ3) is 3.00. The first kappa shape index (κ1) is 12.9. The van der Waals surface area contributed by atoms with E-state index in [-0.39, 0.29) is 5.82 Å². The van der Waals surface area contributed by atoms with Gasteiger partial charge in [0.2, 0.25) is 5.95 Å². The number of rotatable bonds is 5. The van der Waals surface area contributed by atoms with Gasteiger partial charge in [0, 0.05) is 31.1 Å². The highest BCUT2D eigenvalue weighted by Crippen LogP contribution is 2.22. The molecule has 0 fully saturated rings. The topological polar surface area (TPSA) is 39.1 Å². The Labute approximate surface area is 109 Å². The van der Waals surface area contributed by atoms with Gasteiger partial charge in [0.25, 0.3) is 0 Å². The normalized spacial score (nSPS) is 10.6. The number of ether oxygens (including phenoxy) is 1. The predicted molar refractivity (Wildman–Crippen MR) is 68.8 cm³/mol. The van der Waals surface area contributed by atoms with Crippen LogP contribution in [0.25, 0.3) is 0 Å². The van der Waals surface area contributed by atoms with E-state index in [0.29, 0.717) is 29.8 Å². The summed E-state index contributed by atoms with van der Waals surface area (Å²) in [6.07, 6.45) is 3.43. The summed E-state index contributed by atoms with van der Waals surface area (Å²) in [5.74, 6) is 0.175. The van der Waals surface area contributed by atoms with Crippen LogP contribution in [0.1, 0.15) is 0 Å². The maximum Gasteiger partial charge on any atom is 0.207 e. The molecule has 1 aromatic carbocycles. The van der Waals surface area contributed by atoms with Crippen molar-refractivity contribution < 1.29 is 9.13 Å². The van der Waals surface area contributed by atoms with E-state index in [1.807, 2.05) is 4.57 Å². The summed E-state index contributed by atoms with van der Waals surface area (Å²) in [5, 5.41) is 3.37. The maximum absolute atomic E-state index is 13.6. The lowest BCUT2D eigenvalue weighted by Crippen LogP contribution is -2.07. The number of aromatic nitrogens is 2. The average Bonchev–Trinajstić information content (AvgIpc) is 2.79. The lowest BCUT2D eigenvalue weighted by molar-refractivity contribution is 0.188. The first-order chi connectivity index (χ1) is 8.70. The molecular weight excluding hydrogens is 257 g/mol. The van der Waals surface area contributed by atoms with Gasteiger partial charge < -0.3 is 14.6 Å². The van der Waals surface area contributed by atoms with E-state index in [2.05, 4.69) is 10.3 Å². The van der Waals surface area contributed by atoms with Crippen LogP contribution in [0.15, 0.2) is 30.6 Å². The van der Waals surface area contributed by atoms with E-state index in [0.717, 1.165) is 0 Å². The van der Waals surface area contributed by atoms with Crippen LogP contribution in [-0.2, 0) is 11.3 Å². The van der Waals surface area contributed by atoms with Crippen molar-refractivity contribution in [2.45, 2.75) is 6.54 Å². The predicted octanol–water partition coefficient (Wildman–Crippen LogP) is 3.07. The summed E-state index contributed by atoms with van der Waals surface area (Å²) in [6, 6.07) is 4.33. The van der Waals surface area contributed by atoms with E-state index in [1.54, 1.807) is 19.5 Å². The number of methoxy groups -OCH3 is 1. The average molecular weight is 270 g/mol. The molecule has 0 aliphatic carbocycles. The second-order valence-corrected chi connectivity index (χ2v) is 4.12. The third-order valence-corrected chi connectivity index (χ3v) is 2.66. The number of halogens is 2. The maximum atomic E-state index is 13.6. The third-order valence-electron chi connectivity index (χ3n) is 2.43. The zero-order chi connectivity index (χ0) is 13.0. The molecular formula is C12H13ClFN3O. The fourth-order valence-electron chi connectivity index (χ4n) is 1.52. The second kappa shape index (κ2) is 5.84. The van der Waals surface area contributed by atoms with Gasteiger partial charge in [-0.2, -0.15) is 0 Å². The van der Waals surface area contributed by atoms with E-state index < -0.39 is 0 Å². The monoisotopic (exact) mass is 269 g/mol. The molecule has 4 nitrogen and oxygen atoms in total. The molecule has 1 heterocycles. The number of nitrogens with zero attached hydrogens (tertiary/aromatic N) is 2. The number of anilines is 2. The van der Waals surface area contributed by atoms with Crippen LogP contribution in [0.2, 0.25) is 5.02 Å². The van der Waals surface area contributed by atoms with E-state index >= 15 is 0 Å². The molecule has 0 radical (unpaired) electrons. The highest BCUT2D eigenvalue weighted by molar-refractivity contribution is 6.30. The van der Waals surface area contributed by atoms with Crippen molar-refractivity contribution in [3.8, 4) is 0 Å². The quantitative estimate of drug-likeness (QED) is 0.907. The fourth-order valence-corrected chi connectivity index (χ4v) is 1.69. The molecule has 0 atom stereocenters. The molecule has 2 aromatic rings. The van der Waals surface area contributed by atoms with E-state index in [4.69, 9.17) is 16.3 Å². The van der Waals surface area contributed by atoms with Crippen LogP contribution in [0.4, 0.5) is 16.0 Å². The van der Waals surface area contributed by atoms with Crippen LogP contribution in [-0.4, -0.2) is 23.3 Å². The Balaban J connectivity index is 2.18. The van der Waals surface area contributed by atoms with Crippen LogP contribution in [0.5, 0.6) is 0 Å². The summed E-state index contributed by atoms with van der Waals surface area (Å²) in [7, 11) is 1.63. The molecule has 0 unspecified atom stereocenters. The Kier molecular flexibility index (Phi) is 4.17. The van der Waals surface area contributed by atoms with E-state index in [9.17, 15) is 4.39 Å². The number of hydrogen-bond donors (Lipinski definition) is 1. The highest BCUT2D eigenvalue weighted by atomic mass is 35.5. The Morgan fingerprint density at radius 2 is 2.33 bits per heavy atom. The molecule has 0 saturated heterocycles. The molecule has 0 aliphatic heterocycles. The van der Waals surface area contributed by atoms with Crippen molar-refractivity contribution in [2.24, 2.45) is 0 Å². The van der Waals surface area contributed by atoms with Crippen molar-refractivity contribution in [1.29, 1.82) is 0 Å².